The molecule has 0 saturated carbocycles. The van der Waals surface area contributed by atoms with Gasteiger partial charge in [-0.1, -0.05) is 17.7 Å². The third kappa shape index (κ3) is 2.49. The van der Waals surface area contributed by atoms with Gasteiger partial charge in [0.05, 0.1) is 5.69 Å². The van der Waals surface area contributed by atoms with Crippen molar-refractivity contribution in [3.05, 3.63) is 46.3 Å². The quantitative estimate of drug-likeness (QED) is 0.848. The Morgan fingerprint density at radius 1 is 1.18 bits per heavy atom. The number of aromatic nitrogens is 2. The summed E-state index contributed by atoms with van der Waals surface area (Å²) >= 11 is 0. The summed E-state index contributed by atoms with van der Waals surface area (Å²) in [6.45, 7) is 9.14. The Labute approximate surface area is 102 Å². The molecule has 0 aliphatic heterocycles. The minimum absolute atomic E-state index is 0.818. The minimum Gasteiger partial charge on any atom is -0.381 e. The summed E-state index contributed by atoms with van der Waals surface area (Å²) in [6, 6.07) is 6.46. The van der Waals surface area contributed by atoms with Crippen molar-refractivity contribution in [2.24, 2.45) is 0 Å². The first-order valence-corrected chi connectivity index (χ1v) is 5.89. The molecule has 0 aliphatic carbocycles. The van der Waals surface area contributed by atoms with Gasteiger partial charge in [0.1, 0.15) is 0 Å². The Balaban J connectivity index is 2.13. The smallest absolute Gasteiger partial charge is 0.0643 e. The van der Waals surface area contributed by atoms with Crippen LogP contribution in [0, 0.1) is 27.7 Å². The topological polar surface area (TPSA) is 40.7 Å². The van der Waals surface area contributed by atoms with Gasteiger partial charge in [-0.3, -0.25) is 5.10 Å². The van der Waals surface area contributed by atoms with Crippen molar-refractivity contribution in [1.29, 1.82) is 0 Å². The molecule has 1 aromatic heterocycles. The molecule has 0 fully saturated rings. The largest absolute Gasteiger partial charge is 0.381 e. The van der Waals surface area contributed by atoms with Crippen LogP contribution in [0.5, 0.6) is 0 Å². The molecule has 0 unspecified atom stereocenters. The number of nitrogens with one attached hydrogen (secondary N) is 2. The van der Waals surface area contributed by atoms with E-state index in [1.54, 1.807) is 0 Å². The van der Waals surface area contributed by atoms with E-state index in [-0.39, 0.29) is 0 Å². The van der Waals surface area contributed by atoms with Crippen LogP contribution in [0.2, 0.25) is 0 Å². The van der Waals surface area contributed by atoms with Crippen LogP contribution in [-0.2, 0) is 6.54 Å². The monoisotopic (exact) mass is 229 g/mol. The zero-order valence-electron chi connectivity index (χ0n) is 10.9. The average molecular weight is 229 g/mol. The van der Waals surface area contributed by atoms with E-state index in [4.69, 9.17) is 0 Å². The van der Waals surface area contributed by atoms with Crippen LogP contribution in [0.4, 0.5) is 5.69 Å². The van der Waals surface area contributed by atoms with Crippen LogP contribution < -0.4 is 5.32 Å². The summed E-state index contributed by atoms with van der Waals surface area (Å²) in [5.74, 6) is 0. The van der Waals surface area contributed by atoms with Gasteiger partial charge in [-0.2, -0.15) is 5.10 Å². The minimum atomic E-state index is 0.818. The number of anilines is 1. The molecule has 2 rings (SSSR count). The van der Waals surface area contributed by atoms with Crippen LogP contribution in [-0.4, -0.2) is 10.2 Å². The predicted molar refractivity (Wildman–Crippen MR) is 71.3 cm³/mol. The lowest BCUT2D eigenvalue weighted by Gasteiger charge is -2.10. The Kier molecular flexibility index (Phi) is 3.18. The fourth-order valence-electron chi connectivity index (χ4n) is 2.03. The van der Waals surface area contributed by atoms with E-state index in [2.05, 4.69) is 54.5 Å². The van der Waals surface area contributed by atoms with Crippen molar-refractivity contribution >= 4 is 5.69 Å². The van der Waals surface area contributed by atoms with Gasteiger partial charge in [0.15, 0.2) is 0 Å². The Hall–Kier alpha value is -1.77. The summed E-state index contributed by atoms with van der Waals surface area (Å²) in [6.07, 6.45) is 0. The summed E-state index contributed by atoms with van der Waals surface area (Å²) in [5, 5.41) is 10.7. The second kappa shape index (κ2) is 4.62. The van der Waals surface area contributed by atoms with Gasteiger partial charge < -0.3 is 5.32 Å². The van der Waals surface area contributed by atoms with Crippen LogP contribution in [0.1, 0.15) is 28.1 Å². The number of H-pyrrole nitrogens is 1. The molecule has 2 N–H and O–H groups in total. The van der Waals surface area contributed by atoms with Gasteiger partial charge in [-0.15, -0.1) is 0 Å². The summed E-state index contributed by atoms with van der Waals surface area (Å²) in [5.41, 5.74) is 7.23. The fourth-order valence-corrected chi connectivity index (χ4v) is 2.03. The zero-order valence-corrected chi connectivity index (χ0v) is 10.9. The van der Waals surface area contributed by atoms with E-state index in [0.29, 0.717) is 0 Å². The molecule has 90 valence electrons. The molecule has 0 amide bonds. The molecule has 1 aromatic carbocycles. The number of rotatable bonds is 3. The lowest BCUT2D eigenvalue weighted by atomic mass is 10.1. The van der Waals surface area contributed by atoms with E-state index in [9.17, 15) is 0 Å². The highest BCUT2D eigenvalue weighted by molar-refractivity contribution is 5.52. The Bertz CT molecular complexity index is 507. The van der Waals surface area contributed by atoms with Crippen molar-refractivity contribution < 1.29 is 0 Å². The highest BCUT2D eigenvalue weighted by Gasteiger charge is 2.06. The van der Waals surface area contributed by atoms with E-state index in [1.807, 2.05) is 6.92 Å². The Morgan fingerprint density at radius 2 is 1.94 bits per heavy atom. The average Bonchev–Trinajstić information content (AvgIpc) is 2.58. The predicted octanol–water partition coefficient (Wildman–Crippen LogP) is 3.26. The molecule has 0 saturated heterocycles. The van der Waals surface area contributed by atoms with E-state index < -0.39 is 0 Å². The molecular weight excluding hydrogens is 210 g/mol. The molecule has 0 atom stereocenters. The van der Waals surface area contributed by atoms with Gasteiger partial charge in [0.25, 0.3) is 0 Å². The summed E-state index contributed by atoms with van der Waals surface area (Å²) < 4.78 is 0. The van der Waals surface area contributed by atoms with Crippen molar-refractivity contribution in [2.75, 3.05) is 5.32 Å². The fraction of sp³-hybridized carbons (Fsp3) is 0.357. The molecule has 3 nitrogen and oxygen atoms in total. The molecular formula is C14H19N3. The lowest BCUT2D eigenvalue weighted by molar-refractivity contribution is 1.02. The van der Waals surface area contributed by atoms with Crippen LogP contribution >= 0.6 is 0 Å². The van der Waals surface area contributed by atoms with Gasteiger partial charge in [0, 0.05) is 23.5 Å². The Morgan fingerprint density at radius 3 is 2.53 bits per heavy atom. The highest BCUT2D eigenvalue weighted by atomic mass is 15.1. The number of nitrogens with zero attached hydrogens (tertiary/aromatic N) is 1. The first-order chi connectivity index (χ1) is 8.08. The molecule has 0 spiro atoms. The second-order valence-corrected chi connectivity index (χ2v) is 4.58. The SMILES string of the molecule is Cc1ccc(NCc2c(C)n[nH]c2C)c(C)c1. The van der Waals surface area contributed by atoms with Gasteiger partial charge in [-0.05, 0) is 39.3 Å². The normalized spacial score (nSPS) is 10.6. The molecule has 1 heterocycles. The molecule has 0 aliphatic rings. The van der Waals surface area contributed by atoms with E-state index in [1.165, 1.54) is 22.4 Å². The van der Waals surface area contributed by atoms with Crippen molar-refractivity contribution in [1.82, 2.24) is 10.2 Å². The maximum Gasteiger partial charge on any atom is 0.0643 e. The van der Waals surface area contributed by atoms with E-state index >= 15 is 0 Å². The molecule has 0 radical (unpaired) electrons. The third-order valence-corrected chi connectivity index (χ3v) is 3.12. The van der Waals surface area contributed by atoms with Crippen LogP contribution in [0.15, 0.2) is 18.2 Å². The molecule has 3 heteroatoms. The third-order valence-electron chi connectivity index (χ3n) is 3.12. The molecule has 0 bridgehead atoms. The van der Waals surface area contributed by atoms with Crippen LogP contribution in [0.3, 0.4) is 0 Å². The van der Waals surface area contributed by atoms with Crippen molar-refractivity contribution in [3.8, 4) is 0 Å². The maximum absolute atomic E-state index is 4.20. The highest BCUT2D eigenvalue weighted by Crippen LogP contribution is 2.18. The molecule has 2 aromatic rings. The maximum atomic E-state index is 4.20. The standard InChI is InChI=1S/C14H19N3/c1-9-5-6-14(10(2)7-9)15-8-13-11(3)16-17-12(13)4/h5-7,15H,8H2,1-4H3,(H,16,17). The lowest BCUT2D eigenvalue weighted by Crippen LogP contribution is -2.03. The number of benzene rings is 1. The first-order valence-electron chi connectivity index (χ1n) is 5.89. The first kappa shape index (κ1) is 11.7. The summed E-state index contributed by atoms with van der Waals surface area (Å²) in [7, 11) is 0. The molecule has 17 heavy (non-hydrogen) atoms. The van der Waals surface area contributed by atoms with Gasteiger partial charge in [-0.25, -0.2) is 0 Å². The van der Waals surface area contributed by atoms with Crippen molar-refractivity contribution in [2.45, 2.75) is 34.2 Å². The van der Waals surface area contributed by atoms with Gasteiger partial charge in [0.2, 0.25) is 0 Å². The van der Waals surface area contributed by atoms with Crippen molar-refractivity contribution in [3.63, 3.8) is 0 Å². The van der Waals surface area contributed by atoms with Gasteiger partial charge >= 0.3 is 0 Å². The number of aromatic amines is 1. The van der Waals surface area contributed by atoms with E-state index in [0.717, 1.165) is 17.9 Å². The number of hydrogen-bond donors (Lipinski definition) is 2. The second-order valence-electron chi connectivity index (χ2n) is 4.58. The summed E-state index contributed by atoms with van der Waals surface area (Å²) in [4.78, 5) is 0. The number of aryl methyl sites for hydroxylation is 4. The number of hydrogen-bond acceptors (Lipinski definition) is 2. The zero-order chi connectivity index (χ0) is 12.4. The van der Waals surface area contributed by atoms with Crippen LogP contribution in [0.25, 0.3) is 0 Å².